The van der Waals surface area contributed by atoms with Gasteiger partial charge in [-0.15, -0.1) is 0 Å². The summed E-state index contributed by atoms with van der Waals surface area (Å²) >= 11 is 1.23. The number of fused-ring (bicyclic) bond motifs is 1. The second-order valence-corrected chi connectivity index (χ2v) is 6.22. The Bertz CT molecular complexity index is 845. The number of benzene rings is 2. The summed E-state index contributed by atoms with van der Waals surface area (Å²) < 4.78 is 19.5. The summed E-state index contributed by atoms with van der Waals surface area (Å²) in [4.78, 5) is 16.4. The third-order valence-electron chi connectivity index (χ3n) is 3.28. The Morgan fingerprint density at radius 2 is 2.00 bits per heavy atom. The highest BCUT2D eigenvalue weighted by Crippen LogP contribution is 2.26. The molecule has 0 aliphatic carbocycles. The lowest BCUT2D eigenvalue weighted by atomic mass is 10.2. The number of ether oxygens (including phenoxy) is 1. The number of nitrogens with one attached hydrogen (secondary N) is 1. The van der Waals surface area contributed by atoms with E-state index in [0.29, 0.717) is 21.1 Å². The Kier molecular flexibility index (Phi) is 4.25. The van der Waals surface area contributed by atoms with Gasteiger partial charge < -0.3 is 4.74 Å². The zero-order valence-electron chi connectivity index (χ0n) is 12.7. The monoisotopic (exact) mass is 330 g/mol. The third kappa shape index (κ3) is 3.65. The van der Waals surface area contributed by atoms with Gasteiger partial charge in [-0.3, -0.25) is 10.1 Å². The number of hydrogen-bond acceptors (Lipinski definition) is 4. The number of nitrogens with zero attached hydrogens (tertiary/aromatic N) is 1. The van der Waals surface area contributed by atoms with Crippen molar-refractivity contribution >= 4 is 32.6 Å². The smallest absolute Gasteiger partial charge is 0.266 e. The summed E-state index contributed by atoms with van der Waals surface area (Å²) in [5.41, 5.74) is 1.77. The van der Waals surface area contributed by atoms with E-state index in [2.05, 4.69) is 10.3 Å². The van der Waals surface area contributed by atoms with Crippen LogP contribution in [0, 0.1) is 12.7 Å². The third-order valence-corrected chi connectivity index (χ3v) is 4.22. The molecule has 0 unspecified atom stereocenters. The van der Waals surface area contributed by atoms with Crippen LogP contribution in [0.1, 0.15) is 12.5 Å². The fraction of sp³-hybridized carbons (Fsp3) is 0.176. The van der Waals surface area contributed by atoms with E-state index in [4.69, 9.17) is 4.74 Å². The fourth-order valence-corrected chi connectivity index (χ4v) is 2.93. The zero-order chi connectivity index (χ0) is 16.4. The van der Waals surface area contributed by atoms with Crippen molar-refractivity contribution in [1.82, 2.24) is 4.98 Å². The predicted molar refractivity (Wildman–Crippen MR) is 89.5 cm³/mol. The van der Waals surface area contributed by atoms with Gasteiger partial charge in [0.25, 0.3) is 5.91 Å². The van der Waals surface area contributed by atoms with Crippen LogP contribution in [-0.4, -0.2) is 17.0 Å². The Labute approximate surface area is 136 Å². The molecule has 3 rings (SSSR count). The summed E-state index contributed by atoms with van der Waals surface area (Å²) in [6, 6.07) is 11.8. The van der Waals surface area contributed by atoms with Crippen molar-refractivity contribution in [2.24, 2.45) is 0 Å². The van der Waals surface area contributed by atoms with Gasteiger partial charge in [-0.2, -0.15) is 0 Å². The molecular formula is C17H15FN2O2S. The fourth-order valence-electron chi connectivity index (χ4n) is 2.03. The molecule has 1 heterocycles. The number of rotatable bonds is 4. The molecule has 1 aromatic heterocycles. The number of carbonyl (C=O) groups excluding carboxylic acids is 1. The van der Waals surface area contributed by atoms with Gasteiger partial charge in [0.05, 0.1) is 10.2 Å². The predicted octanol–water partition coefficient (Wildman–Crippen LogP) is 4.15. The molecule has 0 bridgehead atoms. The minimum absolute atomic E-state index is 0.301. The number of amides is 1. The molecule has 2 aromatic carbocycles. The maximum Gasteiger partial charge on any atom is 0.266 e. The maximum atomic E-state index is 13.2. The van der Waals surface area contributed by atoms with Crippen LogP contribution < -0.4 is 10.1 Å². The van der Waals surface area contributed by atoms with E-state index in [0.717, 1.165) is 5.56 Å². The quantitative estimate of drug-likeness (QED) is 0.782. The van der Waals surface area contributed by atoms with Crippen molar-refractivity contribution in [3.63, 3.8) is 0 Å². The van der Waals surface area contributed by atoms with Crippen molar-refractivity contribution < 1.29 is 13.9 Å². The van der Waals surface area contributed by atoms with Crippen molar-refractivity contribution in [1.29, 1.82) is 0 Å². The van der Waals surface area contributed by atoms with E-state index in [1.54, 1.807) is 13.0 Å². The average molecular weight is 330 g/mol. The first-order chi connectivity index (χ1) is 11.0. The molecule has 1 amide bonds. The number of hydrogen-bond donors (Lipinski definition) is 1. The van der Waals surface area contributed by atoms with Crippen LogP contribution in [0.4, 0.5) is 9.52 Å². The molecule has 0 aliphatic rings. The summed E-state index contributed by atoms with van der Waals surface area (Å²) in [6.45, 7) is 3.65. The zero-order valence-corrected chi connectivity index (χ0v) is 13.5. The van der Waals surface area contributed by atoms with Crippen LogP contribution in [-0.2, 0) is 4.79 Å². The highest BCUT2D eigenvalue weighted by Gasteiger charge is 2.17. The molecule has 23 heavy (non-hydrogen) atoms. The number of carbonyl (C=O) groups is 1. The van der Waals surface area contributed by atoms with Gasteiger partial charge in [-0.05, 0) is 44.2 Å². The SMILES string of the molecule is Cc1ccc(O[C@H](C)C(=O)Nc2nc3ccc(F)cc3s2)cc1. The Morgan fingerprint density at radius 3 is 2.74 bits per heavy atom. The second-order valence-electron chi connectivity index (χ2n) is 5.19. The average Bonchev–Trinajstić information content (AvgIpc) is 2.90. The molecule has 6 heteroatoms. The van der Waals surface area contributed by atoms with Crippen LogP contribution in [0.25, 0.3) is 10.2 Å². The highest BCUT2D eigenvalue weighted by molar-refractivity contribution is 7.22. The summed E-state index contributed by atoms with van der Waals surface area (Å²) in [5.74, 6) is 0.00447. The number of anilines is 1. The molecule has 118 valence electrons. The van der Waals surface area contributed by atoms with Gasteiger partial charge in [0.15, 0.2) is 11.2 Å². The van der Waals surface area contributed by atoms with Crippen LogP contribution >= 0.6 is 11.3 Å². The summed E-state index contributed by atoms with van der Waals surface area (Å²) in [7, 11) is 0. The lowest BCUT2D eigenvalue weighted by molar-refractivity contribution is -0.122. The Hall–Kier alpha value is -2.47. The lowest BCUT2D eigenvalue weighted by Gasteiger charge is -2.13. The second kappa shape index (κ2) is 6.34. The van der Waals surface area contributed by atoms with E-state index in [1.165, 1.54) is 23.5 Å². The lowest BCUT2D eigenvalue weighted by Crippen LogP contribution is -2.30. The number of halogens is 1. The summed E-state index contributed by atoms with van der Waals surface area (Å²) in [6.07, 6.45) is -0.665. The molecule has 1 N–H and O–H groups in total. The van der Waals surface area contributed by atoms with Gasteiger partial charge in [0.1, 0.15) is 11.6 Å². The van der Waals surface area contributed by atoms with E-state index in [1.807, 2.05) is 31.2 Å². The maximum absolute atomic E-state index is 13.2. The molecule has 4 nitrogen and oxygen atoms in total. The van der Waals surface area contributed by atoms with Crippen LogP contribution in [0.5, 0.6) is 5.75 Å². The van der Waals surface area contributed by atoms with Crippen LogP contribution in [0.2, 0.25) is 0 Å². The molecule has 0 radical (unpaired) electrons. The van der Waals surface area contributed by atoms with Crippen LogP contribution in [0.15, 0.2) is 42.5 Å². The van der Waals surface area contributed by atoms with Gasteiger partial charge in [0.2, 0.25) is 0 Å². The number of aromatic nitrogens is 1. The molecule has 0 saturated carbocycles. The molecule has 3 aromatic rings. The summed E-state index contributed by atoms with van der Waals surface area (Å²) in [5, 5.41) is 3.13. The highest BCUT2D eigenvalue weighted by atomic mass is 32.1. The van der Waals surface area contributed by atoms with E-state index < -0.39 is 6.10 Å². The molecule has 0 aliphatic heterocycles. The normalized spacial score (nSPS) is 12.1. The first kappa shape index (κ1) is 15.4. The van der Waals surface area contributed by atoms with Crippen LogP contribution in [0.3, 0.4) is 0 Å². The first-order valence-corrected chi connectivity index (χ1v) is 7.93. The van der Waals surface area contributed by atoms with Gasteiger partial charge in [-0.1, -0.05) is 29.0 Å². The van der Waals surface area contributed by atoms with Crippen molar-refractivity contribution in [3.8, 4) is 5.75 Å². The Morgan fingerprint density at radius 1 is 1.26 bits per heavy atom. The van der Waals surface area contributed by atoms with Crippen molar-refractivity contribution in [2.45, 2.75) is 20.0 Å². The Balaban J connectivity index is 1.68. The molecule has 1 atom stereocenters. The van der Waals surface area contributed by atoms with Gasteiger partial charge in [0, 0.05) is 0 Å². The first-order valence-electron chi connectivity index (χ1n) is 7.11. The molecule has 0 saturated heterocycles. The van der Waals surface area contributed by atoms with Crippen molar-refractivity contribution in [2.75, 3.05) is 5.32 Å². The largest absolute Gasteiger partial charge is 0.481 e. The van der Waals surface area contributed by atoms with E-state index in [-0.39, 0.29) is 11.7 Å². The topological polar surface area (TPSA) is 51.2 Å². The minimum Gasteiger partial charge on any atom is -0.481 e. The van der Waals surface area contributed by atoms with Crippen molar-refractivity contribution in [3.05, 3.63) is 53.8 Å². The standard InChI is InChI=1S/C17H15FN2O2S/c1-10-3-6-13(7-4-10)22-11(2)16(21)20-17-19-14-8-5-12(18)9-15(14)23-17/h3-9,11H,1-2H3,(H,19,20,21)/t11-/m1/s1. The number of aryl methyl sites for hydroxylation is 1. The number of thiazole rings is 1. The minimum atomic E-state index is -0.665. The molecular weight excluding hydrogens is 315 g/mol. The van der Waals surface area contributed by atoms with E-state index in [9.17, 15) is 9.18 Å². The van der Waals surface area contributed by atoms with E-state index >= 15 is 0 Å². The van der Waals surface area contributed by atoms with Gasteiger partial charge in [-0.25, -0.2) is 9.37 Å². The molecule has 0 spiro atoms. The van der Waals surface area contributed by atoms with Gasteiger partial charge >= 0.3 is 0 Å². The molecule has 0 fully saturated rings.